The van der Waals surface area contributed by atoms with Crippen molar-refractivity contribution in [2.45, 2.75) is 18.9 Å². The molecular weight excluding hydrogens is 285 g/mol. The quantitative estimate of drug-likeness (QED) is 0.489. The summed E-state index contributed by atoms with van der Waals surface area (Å²) in [6.45, 7) is -0.131. The van der Waals surface area contributed by atoms with Gasteiger partial charge in [0, 0.05) is 13.1 Å². The summed E-state index contributed by atoms with van der Waals surface area (Å²) in [7, 11) is 0. The number of hydrogen-bond donors (Lipinski definition) is 1. The molecule has 20 heavy (non-hydrogen) atoms. The largest absolute Gasteiger partial charge is 0.391 e. The summed E-state index contributed by atoms with van der Waals surface area (Å²) in [6.07, 6.45) is -0.0996. The minimum atomic E-state index is -2.31. The zero-order chi connectivity index (χ0) is 15.0. The van der Waals surface area contributed by atoms with Crippen molar-refractivity contribution in [2.24, 2.45) is 0 Å². The van der Waals surface area contributed by atoms with E-state index in [2.05, 4.69) is 0 Å². The van der Waals surface area contributed by atoms with Crippen molar-refractivity contribution in [2.75, 3.05) is 13.1 Å². The molecule has 0 radical (unpaired) electrons. The van der Waals surface area contributed by atoms with E-state index in [1.807, 2.05) is 0 Å². The Balaban J connectivity index is 2.44. The standard InChI is InChI=1S/C12H10F5NO2/c13-7-6(8(14)10(16)11(17)9(7)15)12(20)18-3-1-2-5(19)4-18/h5,19H,1-4H2/t5-/m0/s1. The Kier molecular flexibility index (Phi) is 3.94. The minimum Gasteiger partial charge on any atom is -0.391 e. The smallest absolute Gasteiger partial charge is 0.260 e. The molecule has 0 aromatic heterocycles. The highest BCUT2D eigenvalue weighted by atomic mass is 19.2. The molecule has 1 N–H and O–H groups in total. The van der Waals surface area contributed by atoms with Crippen molar-refractivity contribution in [3.05, 3.63) is 34.6 Å². The van der Waals surface area contributed by atoms with Gasteiger partial charge >= 0.3 is 0 Å². The van der Waals surface area contributed by atoms with E-state index in [0.717, 1.165) is 4.90 Å². The molecule has 1 atom stereocenters. The molecule has 2 rings (SSSR count). The molecule has 110 valence electrons. The minimum absolute atomic E-state index is 0.0788. The summed E-state index contributed by atoms with van der Waals surface area (Å²) in [4.78, 5) is 12.7. The van der Waals surface area contributed by atoms with Gasteiger partial charge in [0.2, 0.25) is 5.82 Å². The van der Waals surface area contributed by atoms with Gasteiger partial charge in [-0.25, -0.2) is 22.0 Å². The molecule has 3 nitrogen and oxygen atoms in total. The predicted octanol–water partition coefficient (Wildman–Crippen LogP) is 1.98. The van der Waals surface area contributed by atoms with Crippen molar-refractivity contribution in [1.29, 1.82) is 0 Å². The number of carbonyl (C=O) groups excluding carboxylic acids is 1. The van der Waals surface area contributed by atoms with Gasteiger partial charge in [-0.3, -0.25) is 4.79 Å². The first kappa shape index (κ1) is 14.7. The van der Waals surface area contributed by atoms with E-state index >= 15 is 0 Å². The molecule has 0 unspecified atom stereocenters. The number of amides is 1. The molecule has 1 fully saturated rings. The van der Waals surface area contributed by atoms with E-state index in [-0.39, 0.29) is 13.1 Å². The third-order valence-corrected chi connectivity index (χ3v) is 3.11. The number of hydrogen-bond acceptors (Lipinski definition) is 2. The van der Waals surface area contributed by atoms with Gasteiger partial charge in [-0.1, -0.05) is 0 Å². The van der Waals surface area contributed by atoms with Crippen LogP contribution in [0.5, 0.6) is 0 Å². The zero-order valence-corrected chi connectivity index (χ0v) is 10.1. The molecule has 1 aliphatic heterocycles. The number of piperidine rings is 1. The Hall–Kier alpha value is -1.70. The van der Waals surface area contributed by atoms with Crippen molar-refractivity contribution in [3.8, 4) is 0 Å². The number of aliphatic hydroxyl groups is 1. The molecule has 1 saturated heterocycles. The molecule has 0 bridgehead atoms. The molecule has 1 heterocycles. The predicted molar refractivity (Wildman–Crippen MR) is 57.4 cm³/mol. The Morgan fingerprint density at radius 3 is 2.00 bits per heavy atom. The molecule has 1 aromatic carbocycles. The van der Waals surface area contributed by atoms with Crippen molar-refractivity contribution >= 4 is 5.91 Å². The van der Waals surface area contributed by atoms with Crippen LogP contribution in [-0.2, 0) is 0 Å². The zero-order valence-electron chi connectivity index (χ0n) is 10.1. The average Bonchev–Trinajstić information content (AvgIpc) is 2.43. The summed E-state index contributed by atoms with van der Waals surface area (Å²) in [5, 5.41) is 9.38. The van der Waals surface area contributed by atoms with Crippen molar-refractivity contribution in [1.82, 2.24) is 4.90 Å². The Bertz CT molecular complexity index is 534. The topological polar surface area (TPSA) is 40.5 Å². The number of aliphatic hydroxyl groups excluding tert-OH is 1. The molecule has 0 spiro atoms. The molecule has 8 heteroatoms. The van der Waals surface area contributed by atoms with Crippen molar-refractivity contribution in [3.63, 3.8) is 0 Å². The lowest BCUT2D eigenvalue weighted by molar-refractivity contribution is 0.0463. The van der Waals surface area contributed by atoms with Gasteiger partial charge in [-0.2, -0.15) is 0 Å². The van der Waals surface area contributed by atoms with E-state index in [1.165, 1.54) is 0 Å². The van der Waals surface area contributed by atoms with E-state index < -0.39 is 46.7 Å². The van der Waals surface area contributed by atoms with Gasteiger partial charge in [0.1, 0.15) is 5.56 Å². The number of halogens is 5. The molecule has 0 aliphatic carbocycles. The van der Waals surface area contributed by atoms with Crippen LogP contribution in [0.3, 0.4) is 0 Å². The number of benzene rings is 1. The number of carbonyl (C=O) groups is 1. The molecule has 0 saturated carbocycles. The summed E-state index contributed by atoms with van der Waals surface area (Å²) < 4.78 is 65.9. The Labute approximate surface area is 110 Å². The van der Waals surface area contributed by atoms with E-state index in [1.54, 1.807) is 0 Å². The average molecular weight is 295 g/mol. The van der Waals surface area contributed by atoms with Gasteiger partial charge < -0.3 is 10.0 Å². The second kappa shape index (κ2) is 5.35. The first-order valence-electron chi connectivity index (χ1n) is 5.83. The number of β-amino-alcohol motifs (C(OH)–C–C–N with tert-alkyl or cyclic N) is 1. The van der Waals surface area contributed by atoms with Crippen LogP contribution in [0, 0.1) is 29.1 Å². The lowest BCUT2D eigenvalue weighted by Gasteiger charge is -2.30. The summed E-state index contributed by atoms with van der Waals surface area (Å²) in [5.41, 5.74) is -1.49. The van der Waals surface area contributed by atoms with Gasteiger partial charge in [-0.15, -0.1) is 0 Å². The number of likely N-dealkylation sites (tertiary alicyclic amines) is 1. The number of nitrogens with zero attached hydrogens (tertiary/aromatic N) is 1. The highest BCUT2D eigenvalue weighted by Gasteiger charge is 2.33. The molecule has 1 amide bonds. The Morgan fingerprint density at radius 1 is 1.00 bits per heavy atom. The van der Waals surface area contributed by atoms with Crippen LogP contribution in [0.4, 0.5) is 22.0 Å². The maximum absolute atomic E-state index is 13.5. The van der Waals surface area contributed by atoms with Gasteiger partial charge in [0.05, 0.1) is 6.10 Å². The third-order valence-electron chi connectivity index (χ3n) is 3.11. The molecule has 1 aromatic rings. The van der Waals surface area contributed by atoms with E-state index in [9.17, 15) is 31.9 Å². The fourth-order valence-corrected chi connectivity index (χ4v) is 2.09. The van der Waals surface area contributed by atoms with Crippen LogP contribution in [0.1, 0.15) is 23.2 Å². The highest BCUT2D eigenvalue weighted by molar-refractivity contribution is 5.95. The maximum atomic E-state index is 13.5. The van der Waals surface area contributed by atoms with Gasteiger partial charge in [0.25, 0.3) is 5.91 Å². The molecular formula is C12H10F5NO2. The monoisotopic (exact) mass is 295 g/mol. The third kappa shape index (κ3) is 2.35. The Morgan fingerprint density at radius 2 is 1.50 bits per heavy atom. The summed E-state index contributed by atoms with van der Waals surface area (Å²) in [6, 6.07) is 0. The van der Waals surface area contributed by atoms with E-state index in [0.29, 0.717) is 12.8 Å². The van der Waals surface area contributed by atoms with Crippen LogP contribution in [-0.4, -0.2) is 35.1 Å². The second-order valence-electron chi connectivity index (χ2n) is 4.49. The van der Waals surface area contributed by atoms with Gasteiger partial charge in [-0.05, 0) is 12.8 Å². The van der Waals surface area contributed by atoms with Crippen LogP contribution in [0.2, 0.25) is 0 Å². The first-order valence-corrected chi connectivity index (χ1v) is 5.83. The number of rotatable bonds is 1. The lowest BCUT2D eigenvalue weighted by atomic mass is 10.1. The normalized spacial score (nSPS) is 19.3. The van der Waals surface area contributed by atoms with Crippen molar-refractivity contribution < 1.29 is 31.9 Å². The SMILES string of the molecule is O=C(c1c(F)c(F)c(F)c(F)c1F)N1CCC[C@H](O)C1. The van der Waals surface area contributed by atoms with Crippen LogP contribution in [0.25, 0.3) is 0 Å². The van der Waals surface area contributed by atoms with Crippen LogP contribution in [0.15, 0.2) is 0 Å². The van der Waals surface area contributed by atoms with Crippen LogP contribution >= 0.6 is 0 Å². The van der Waals surface area contributed by atoms with Crippen LogP contribution < -0.4 is 0 Å². The first-order chi connectivity index (χ1) is 9.34. The second-order valence-corrected chi connectivity index (χ2v) is 4.49. The molecule has 1 aliphatic rings. The van der Waals surface area contributed by atoms with E-state index in [4.69, 9.17) is 0 Å². The van der Waals surface area contributed by atoms with Gasteiger partial charge in [0.15, 0.2) is 23.3 Å². The lowest BCUT2D eigenvalue weighted by Crippen LogP contribution is -2.43. The summed E-state index contributed by atoms with van der Waals surface area (Å²) in [5.74, 6) is -12.3. The fourth-order valence-electron chi connectivity index (χ4n) is 2.09. The fraction of sp³-hybridized carbons (Fsp3) is 0.417. The maximum Gasteiger partial charge on any atom is 0.260 e. The highest BCUT2D eigenvalue weighted by Crippen LogP contribution is 2.25. The summed E-state index contributed by atoms with van der Waals surface area (Å²) >= 11 is 0.